The van der Waals surface area contributed by atoms with E-state index in [1.807, 2.05) is 6.07 Å². The molecule has 2 aromatic rings. The number of carbonyl (C=O) groups excluding carboxylic acids is 1. The molecule has 1 heterocycles. The summed E-state index contributed by atoms with van der Waals surface area (Å²) in [5, 5.41) is 0.372. The highest BCUT2D eigenvalue weighted by Gasteiger charge is 2.32. The molecular formula is C20H20Cl2FNO3S. The molecule has 0 aliphatic carbocycles. The molecule has 28 heavy (non-hydrogen) atoms. The van der Waals surface area contributed by atoms with Crippen molar-refractivity contribution >= 4 is 38.9 Å². The highest BCUT2D eigenvalue weighted by Crippen LogP contribution is 2.26. The molecule has 1 aliphatic heterocycles. The molecule has 1 amide bonds. The van der Waals surface area contributed by atoms with Gasteiger partial charge in [0.25, 0.3) is 0 Å². The van der Waals surface area contributed by atoms with Crippen LogP contribution < -0.4 is 0 Å². The number of hydrogen-bond donors (Lipinski definition) is 0. The van der Waals surface area contributed by atoms with Crippen LogP contribution in [0.15, 0.2) is 47.4 Å². The molecule has 1 aliphatic rings. The Morgan fingerprint density at radius 2 is 1.68 bits per heavy atom. The maximum absolute atomic E-state index is 13.0. The molecule has 0 radical (unpaired) electrons. The number of hydrogen-bond acceptors (Lipinski definition) is 3. The molecule has 150 valence electrons. The van der Waals surface area contributed by atoms with E-state index in [-0.39, 0.29) is 10.8 Å². The van der Waals surface area contributed by atoms with Crippen LogP contribution in [-0.2, 0) is 21.1 Å². The van der Waals surface area contributed by atoms with E-state index >= 15 is 0 Å². The van der Waals surface area contributed by atoms with Gasteiger partial charge < -0.3 is 4.90 Å². The molecule has 0 N–H and O–H groups in total. The summed E-state index contributed by atoms with van der Waals surface area (Å²) >= 11 is 11.9. The van der Waals surface area contributed by atoms with Gasteiger partial charge >= 0.3 is 0 Å². The van der Waals surface area contributed by atoms with Gasteiger partial charge in [-0.2, -0.15) is 0 Å². The fourth-order valence-electron chi connectivity index (χ4n) is 3.34. The Morgan fingerprint density at radius 1 is 1.04 bits per heavy atom. The van der Waals surface area contributed by atoms with E-state index in [1.54, 1.807) is 17.0 Å². The van der Waals surface area contributed by atoms with Crippen LogP contribution in [0.2, 0.25) is 10.0 Å². The zero-order valence-corrected chi connectivity index (χ0v) is 17.4. The van der Waals surface area contributed by atoms with Crippen molar-refractivity contribution in [3.05, 3.63) is 63.9 Å². The lowest BCUT2D eigenvalue weighted by molar-refractivity contribution is -0.132. The van der Waals surface area contributed by atoms with Crippen LogP contribution in [0.1, 0.15) is 24.8 Å². The smallest absolute Gasteiger partial charge is 0.222 e. The van der Waals surface area contributed by atoms with E-state index in [0.717, 1.165) is 17.7 Å². The van der Waals surface area contributed by atoms with Crippen LogP contribution in [0.4, 0.5) is 4.39 Å². The largest absolute Gasteiger partial charge is 0.343 e. The number of benzene rings is 2. The van der Waals surface area contributed by atoms with Crippen molar-refractivity contribution in [3.8, 4) is 0 Å². The molecule has 0 saturated carbocycles. The van der Waals surface area contributed by atoms with Gasteiger partial charge in [0.2, 0.25) is 5.91 Å². The molecule has 4 nitrogen and oxygen atoms in total. The number of likely N-dealkylation sites (tertiary alicyclic amines) is 1. The van der Waals surface area contributed by atoms with E-state index in [4.69, 9.17) is 23.2 Å². The third-order valence-electron chi connectivity index (χ3n) is 4.99. The normalized spacial score (nSPS) is 15.6. The standard InChI is InChI=1S/C20H20Cl2FNO3S/c21-18-7-1-14(13-19(18)22)2-8-20(25)24-11-9-17(10-12-24)28(26,27)16-5-3-15(23)4-6-16/h1,3-7,13,17H,2,8-12H2. The first kappa shape index (κ1) is 21.1. The summed E-state index contributed by atoms with van der Waals surface area (Å²) in [6, 6.07) is 10.2. The van der Waals surface area contributed by atoms with Crippen molar-refractivity contribution in [1.29, 1.82) is 0 Å². The van der Waals surface area contributed by atoms with Gasteiger partial charge in [0.15, 0.2) is 9.84 Å². The van der Waals surface area contributed by atoms with Gasteiger partial charge in [0.05, 0.1) is 20.2 Å². The van der Waals surface area contributed by atoms with Crippen LogP contribution in [0.25, 0.3) is 0 Å². The van der Waals surface area contributed by atoms with Gasteiger partial charge in [-0.25, -0.2) is 12.8 Å². The monoisotopic (exact) mass is 443 g/mol. The SMILES string of the molecule is O=C(CCc1ccc(Cl)c(Cl)c1)N1CCC(S(=O)(=O)c2ccc(F)cc2)CC1. The lowest BCUT2D eigenvalue weighted by atomic mass is 10.1. The number of sulfone groups is 1. The molecule has 0 aromatic heterocycles. The van der Waals surface area contributed by atoms with Crippen molar-refractivity contribution in [2.75, 3.05) is 13.1 Å². The van der Waals surface area contributed by atoms with Gasteiger partial charge in [0, 0.05) is 19.5 Å². The highest BCUT2D eigenvalue weighted by atomic mass is 35.5. The summed E-state index contributed by atoms with van der Waals surface area (Å²) in [5.74, 6) is -0.481. The maximum atomic E-state index is 13.0. The van der Waals surface area contributed by atoms with Crippen molar-refractivity contribution in [1.82, 2.24) is 4.90 Å². The summed E-state index contributed by atoms with van der Waals surface area (Å²) in [4.78, 5) is 14.3. The molecule has 1 saturated heterocycles. The minimum atomic E-state index is -3.52. The number of rotatable bonds is 5. The fraction of sp³-hybridized carbons (Fsp3) is 0.350. The Kier molecular flexibility index (Phi) is 6.63. The van der Waals surface area contributed by atoms with Crippen LogP contribution in [0, 0.1) is 5.82 Å². The molecular weight excluding hydrogens is 424 g/mol. The topological polar surface area (TPSA) is 54.5 Å². The van der Waals surface area contributed by atoms with E-state index < -0.39 is 20.9 Å². The molecule has 1 fully saturated rings. The highest BCUT2D eigenvalue weighted by molar-refractivity contribution is 7.92. The molecule has 8 heteroatoms. The molecule has 2 aromatic carbocycles. The molecule has 3 rings (SSSR count). The first-order chi connectivity index (χ1) is 13.3. The fourth-order valence-corrected chi connectivity index (χ4v) is 5.39. The molecule has 0 unspecified atom stereocenters. The summed E-state index contributed by atoms with van der Waals surface area (Å²) in [5.41, 5.74) is 0.927. The average Bonchev–Trinajstić information content (AvgIpc) is 2.69. The number of amides is 1. The summed E-state index contributed by atoms with van der Waals surface area (Å²) < 4.78 is 38.4. The number of nitrogens with zero attached hydrogens (tertiary/aromatic N) is 1. The molecule has 0 atom stereocenters. The van der Waals surface area contributed by atoms with Crippen molar-refractivity contribution in [2.24, 2.45) is 0 Å². The molecule has 0 bridgehead atoms. The predicted octanol–water partition coefficient (Wildman–Crippen LogP) is 4.53. The van der Waals surface area contributed by atoms with E-state index in [1.165, 1.54) is 12.1 Å². The van der Waals surface area contributed by atoms with E-state index in [0.29, 0.717) is 48.8 Å². The number of piperidine rings is 1. The van der Waals surface area contributed by atoms with Crippen molar-refractivity contribution in [2.45, 2.75) is 35.8 Å². The zero-order valence-electron chi connectivity index (χ0n) is 15.1. The van der Waals surface area contributed by atoms with Gasteiger partial charge in [-0.1, -0.05) is 29.3 Å². The van der Waals surface area contributed by atoms with Gasteiger partial charge in [-0.3, -0.25) is 4.79 Å². The Morgan fingerprint density at radius 3 is 2.29 bits per heavy atom. The van der Waals surface area contributed by atoms with Crippen LogP contribution in [0.3, 0.4) is 0 Å². The number of aryl methyl sites for hydroxylation is 1. The lowest BCUT2D eigenvalue weighted by Crippen LogP contribution is -2.42. The predicted molar refractivity (Wildman–Crippen MR) is 108 cm³/mol. The Balaban J connectivity index is 1.55. The van der Waals surface area contributed by atoms with E-state index in [9.17, 15) is 17.6 Å². The lowest BCUT2D eigenvalue weighted by Gasteiger charge is -2.32. The minimum absolute atomic E-state index is 0.0105. The average molecular weight is 444 g/mol. The second-order valence-electron chi connectivity index (χ2n) is 6.83. The van der Waals surface area contributed by atoms with Gasteiger partial charge in [-0.15, -0.1) is 0 Å². The van der Waals surface area contributed by atoms with Gasteiger partial charge in [0.1, 0.15) is 5.82 Å². The summed E-state index contributed by atoms with van der Waals surface area (Å²) in [7, 11) is -3.52. The Bertz CT molecular complexity index is 956. The third kappa shape index (κ3) is 4.85. The second kappa shape index (κ2) is 8.80. The summed E-state index contributed by atoms with van der Waals surface area (Å²) in [6.07, 6.45) is 1.62. The first-order valence-corrected chi connectivity index (χ1v) is 11.3. The number of halogens is 3. The van der Waals surface area contributed by atoms with Gasteiger partial charge in [-0.05, 0) is 61.2 Å². The van der Waals surface area contributed by atoms with Crippen molar-refractivity contribution in [3.63, 3.8) is 0 Å². The summed E-state index contributed by atoms with van der Waals surface area (Å²) in [6.45, 7) is 0.788. The van der Waals surface area contributed by atoms with E-state index in [2.05, 4.69) is 0 Å². The molecule has 0 spiro atoms. The quantitative estimate of drug-likeness (QED) is 0.637. The zero-order chi connectivity index (χ0) is 20.3. The van der Waals surface area contributed by atoms with Crippen LogP contribution >= 0.6 is 23.2 Å². The van der Waals surface area contributed by atoms with Crippen LogP contribution in [0.5, 0.6) is 0 Å². The minimum Gasteiger partial charge on any atom is -0.343 e. The number of carbonyl (C=O) groups is 1. The maximum Gasteiger partial charge on any atom is 0.222 e. The second-order valence-corrected chi connectivity index (χ2v) is 9.87. The Hall–Kier alpha value is -1.63. The van der Waals surface area contributed by atoms with Crippen molar-refractivity contribution < 1.29 is 17.6 Å². The third-order valence-corrected chi connectivity index (χ3v) is 8.00. The van der Waals surface area contributed by atoms with Crippen LogP contribution in [-0.4, -0.2) is 37.6 Å². The first-order valence-electron chi connectivity index (χ1n) is 8.98. The Labute approximate surface area is 174 Å².